The summed E-state index contributed by atoms with van der Waals surface area (Å²) in [6, 6.07) is 0. The number of aliphatic hydroxyl groups is 1. The summed E-state index contributed by atoms with van der Waals surface area (Å²) in [4.78, 5) is 49.6. The van der Waals surface area contributed by atoms with E-state index < -0.39 is 32.6 Å². The summed E-state index contributed by atoms with van der Waals surface area (Å²) < 4.78 is 25.9. The van der Waals surface area contributed by atoms with Gasteiger partial charge in [0.05, 0.1) is 37.0 Å². The van der Waals surface area contributed by atoms with Gasteiger partial charge in [-0.05, 0) is 24.7 Å². The third-order valence-corrected chi connectivity index (χ3v) is 9.22. The number of aromatic nitrogens is 4. The minimum atomic E-state index is -4.11. The van der Waals surface area contributed by atoms with Crippen LogP contribution in [-0.2, 0) is 23.4 Å². The maximum atomic E-state index is 12.9. The van der Waals surface area contributed by atoms with Crippen molar-refractivity contribution in [3.05, 3.63) is 24.8 Å². The number of imidazole rings is 1. The zero-order valence-electron chi connectivity index (χ0n) is 19.3. The topological polar surface area (TPSA) is 183 Å². The Morgan fingerprint density at radius 1 is 1.14 bits per heavy atom. The number of nitrogens with zero attached hydrogens (tertiary/aromatic N) is 5. The Kier molecular flexibility index (Phi) is 5.73. The normalized spacial score (nSPS) is 34.7. The van der Waals surface area contributed by atoms with Crippen LogP contribution in [0.1, 0.15) is 25.5 Å². The number of carbonyl (C=O) groups excluding carboxylic acids is 2. The largest absolute Gasteiger partial charge is 0.394 e. The van der Waals surface area contributed by atoms with Crippen molar-refractivity contribution < 1.29 is 33.4 Å². The molecule has 2 saturated heterocycles. The highest BCUT2D eigenvalue weighted by Gasteiger charge is 2.59. The van der Waals surface area contributed by atoms with Crippen molar-refractivity contribution in [2.75, 3.05) is 25.0 Å². The number of ether oxygens (including phenoxy) is 1. The molecular formula is C22H27N6O7P. The van der Waals surface area contributed by atoms with E-state index in [9.17, 15) is 24.2 Å². The molecule has 0 spiro atoms. The maximum absolute atomic E-state index is 12.9. The van der Waals surface area contributed by atoms with Gasteiger partial charge in [0, 0.05) is 13.0 Å². The lowest BCUT2D eigenvalue weighted by Gasteiger charge is -2.21. The summed E-state index contributed by atoms with van der Waals surface area (Å²) >= 11 is 0. The van der Waals surface area contributed by atoms with Gasteiger partial charge in [0.2, 0.25) is 11.8 Å². The number of nitrogen functional groups attached to an aromatic ring is 1. The van der Waals surface area contributed by atoms with Gasteiger partial charge < -0.3 is 25.0 Å². The molecule has 1 saturated carbocycles. The van der Waals surface area contributed by atoms with Gasteiger partial charge in [-0.3, -0.25) is 23.6 Å². The van der Waals surface area contributed by atoms with E-state index in [0.29, 0.717) is 11.2 Å². The molecule has 14 heteroatoms. The smallest absolute Gasteiger partial charge is 0.328 e. The molecule has 36 heavy (non-hydrogen) atoms. The summed E-state index contributed by atoms with van der Waals surface area (Å²) in [7, 11) is -4.11. The lowest BCUT2D eigenvalue weighted by atomic mass is 9.85. The zero-order valence-corrected chi connectivity index (χ0v) is 20.2. The number of allylic oxidation sites excluding steroid dienone is 2. The molecule has 0 aromatic carbocycles. The van der Waals surface area contributed by atoms with Gasteiger partial charge >= 0.3 is 7.60 Å². The molecule has 8 atom stereocenters. The molecule has 0 radical (unpaired) electrons. The molecule has 4 aliphatic rings. The van der Waals surface area contributed by atoms with Crippen LogP contribution in [0.2, 0.25) is 0 Å². The summed E-state index contributed by atoms with van der Waals surface area (Å²) in [5, 5.41) is 9.78. The van der Waals surface area contributed by atoms with Crippen molar-refractivity contribution >= 4 is 36.4 Å². The first-order valence-electron chi connectivity index (χ1n) is 12.0. The summed E-state index contributed by atoms with van der Waals surface area (Å²) in [6.45, 7) is -0.339. The Hall–Kier alpha value is -2.70. The van der Waals surface area contributed by atoms with Crippen molar-refractivity contribution in [3.63, 3.8) is 0 Å². The molecule has 4 N–H and O–H groups in total. The number of aliphatic hydroxyl groups excluding tert-OH is 1. The molecule has 2 amide bonds. The highest BCUT2D eigenvalue weighted by atomic mass is 31.2. The van der Waals surface area contributed by atoms with Crippen molar-refractivity contribution in [1.29, 1.82) is 0 Å². The number of hydrogen-bond donors (Lipinski definition) is 3. The van der Waals surface area contributed by atoms with E-state index in [0.717, 1.165) is 6.42 Å². The van der Waals surface area contributed by atoms with Gasteiger partial charge in [0.1, 0.15) is 24.2 Å². The van der Waals surface area contributed by atoms with Crippen molar-refractivity contribution in [2.45, 2.75) is 37.7 Å². The van der Waals surface area contributed by atoms with E-state index in [1.165, 1.54) is 17.6 Å². The Bertz CT molecular complexity index is 1270. The van der Waals surface area contributed by atoms with Gasteiger partial charge in [0.25, 0.3) is 0 Å². The fourth-order valence-electron chi connectivity index (χ4n) is 6.10. The Labute approximate surface area is 205 Å². The van der Waals surface area contributed by atoms with Crippen molar-refractivity contribution in [3.8, 4) is 0 Å². The molecule has 2 aromatic rings. The third-order valence-electron chi connectivity index (χ3n) is 7.74. The minimum absolute atomic E-state index is 0.0768. The molecule has 2 bridgehead atoms. The highest BCUT2D eigenvalue weighted by Crippen LogP contribution is 2.53. The van der Waals surface area contributed by atoms with E-state index in [4.69, 9.17) is 15.0 Å². The molecule has 2 aliphatic carbocycles. The number of imide groups is 1. The third kappa shape index (κ3) is 3.77. The zero-order chi connectivity index (χ0) is 25.2. The Morgan fingerprint density at radius 2 is 1.86 bits per heavy atom. The number of fused-ring (bicyclic) bond motifs is 6. The second kappa shape index (κ2) is 8.70. The van der Waals surface area contributed by atoms with Crippen LogP contribution in [0.4, 0.5) is 5.82 Å². The number of amides is 2. The fraction of sp³-hybridized carbons (Fsp3) is 0.591. The number of carbonyl (C=O) groups is 2. The van der Waals surface area contributed by atoms with Gasteiger partial charge in [-0.25, -0.2) is 15.0 Å². The fourth-order valence-corrected chi connectivity index (χ4v) is 7.40. The molecule has 3 fully saturated rings. The predicted molar refractivity (Wildman–Crippen MR) is 124 cm³/mol. The molecule has 6 rings (SSSR count). The molecule has 2 aliphatic heterocycles. The average Bonchev–Trinajstić information content (AvgIpc) is 3.65. The number of hydrogen-bond acceptors (Lipinski definition) is 10. The highest BCUT2D eigenvalue weighted by molar-refractivity contribution is 7.52. The van der Waals surface area contributed by atoms with Gasteiger partial charge in [-0.2, -0.15) is 0 Å². The molecular weight excluding hydrogens is 491 g/mol. The van der Waals surface area contributed by atoms with E-state index in [-0.39, 0.29) is 66.9 Å². The van der Waals surface area contributed by atoms with Crippen molar-refractivity contribution in [1.82, 2.24) is 24.4 Å². The van der Waals surface area contributed by atoms with Crippen LogP contribution < -0.4 is 5.73 Å². The molecule has 6 unspecified atom stereocenters. The maximum Gasteiger partial charge on any atom is 0.328 e. The van der Waals surface area contributed by atoms with Gasteiger partial charge in [-0.1, -0.05) is 12.2 Å². The molecule has 4 heterocycles. The Balaban J connectivity index is 1.07. The van der Waals surface area contributed by atoms with Crippen LogP contribution in [0, 0.1) is 23.7 Å². The van der Waals surface area contributed by atoms with E-state index in [1.807, 2.05) is 12.2 Å². The molecule has 13 nitrogen and oxygen atoms in total. The number of likely N-dealkylation sites (tertiary alicyclic amines) is 1. The first-order chi connectivity index (χ1) is 17.3. The second-order valence-corrected chi connectivity index (χ2v) is 11.7. The van der Waals surface area contributed by atoms with Gasteiger partial charge in [0.15, 0.2) is 11.5 Å². The molecule has 2 aromatic heterocycles. The number of nitrogens with two attached hydrogens (primary N) is 1. The minimum Gasteiger partial charge on any atom is -0.394 e. The van der Waals surface area contributed by atoms with E-state index >= 15 is 0 Å². The monoisotopic (exact) mass is 518 g/mol. The molecule has 192 valence electrons. The summed E-state index contributed by atoms with van der Waals surface area (Å²) in [6.07, 6.45) is 5.43. The van der Waals surface area contributed by atoms with E-state index in [2.05, 4.69) is 15.0 Å². The quantitative estimate of drug-likeness (QED) is 0.251. The van der Waals surface area contributed by atoms with Crippen LogP contribution in [0.3, 0.4) is 0 Å². The number of anilines is 1. The van der Waals surface area contributed by atoms with Crippen LogP contribution in [0.15, 0.2) is 24.8 Å². The van der Waals surface area contributed by atoms with Crippen LogP contribution in [0.5, 0.6) is 0 Å². The SMILES string of the molecule is Nc1ncnc2c1ncn2[C@H]1CC(OP(=O)(O)CCCN2C(=O)C3C4C=CC(C4)C3C2=O)[C@@H](CO)O1. The first-order valence-corrected chi connectivity index (χ1v) is 13.8. The average molecular weight is 518 g/mol. The second-order valence-electron chi connectivity index (χ2n) is 9.82. The van der Waals surface area contributed by atoms with Crippen LogP contribution in [0.25, 0.3) is 11.2 Å². The van der Waals surface area contributed by atoms with Crippen molar-refractivity contribution in [2.24, 2.45) is 23.7 Å². The standard InChI is InChI=1S/C22H27N6O7P/c23-19-18-20(25-9-24-19)28(10-26-18)15-7-13(14(8-29)34-15)35-36(32,33)5-1-4-27-21(30)16-11-2-3-12(6-11)17(16)22(27)31/h2-3,9-17,29H,1,4-8H2,(H,32,33)(H2,23,24,25)/t11?,12?,13?,14-,15-,16?,17?/m1/s1. The predicted octanol–water partition coefficient (Wildman–Crippen LogP) is 0.456. The van der Waals surface area contributed by atoms with Crippen LogP contribution >= 0.6 is 7.60 Å². The van der Waals surface area contributed by atoms with Gasteiger partial charge in [-0.15, -0.1) is 0 Å². The Morgan fingerprint density at radius 3 is 2.56 bits per heavy atom. The van der Waals surface area contributed by atoms with E-state index in [1.54, 1.807) is 4.57 Å². The summed E-state index contributed by atoms with van der Waals surface area (Å²) in [5.41, 5.74) is 6.67. The van der Waals surface area contributed by atoms with Crippen LogP contribution in [-0.4, -0.2) is 77.8 Å². The summed E-state index contributed by atoms with van der Waals surface area (Å²) in [5.74, 6) is -0.486. The first kappa shape index (κ1) is 23.7. The lowest BCUT2D eigenvalue weighted by Crippen LogP contribution is -2.34. The number of rotatable bonds is 8. The lowest BCUT2D eigenvalue weighted by molar-refractivity contribution is -0.140.